The molecule has 0 amide bonds. The van der Waals surface area contributed by atoms with Crippen LogP contribution in [0.4, 0.5) is 8.78 Å². The molecule has 2 aromatic rings. The molecule has 0 N–H and O–H groups in total. The first-order valence-corrected chi connectivity index (χ1v) is 11.7. The van der Waals surface area contributed by atoms with Crippen molar-refractivity contribution in [3.63, 3.8) is 0 Å². The minimum Gasteiger partial charge on any atom is -0.494 e. The Morgan fingerprint density at radius 2 is 1.19 bits per heavy atom. The molecule has 0 aliphatic heterocycles. The van der Waals surface area contributed by atoms with Gasteiger partial charge in [-0.15, -0.1) is 0 Å². The maximum atomic E-state index is 14.7. The van der Waals surface area contributed by atoms with Crippen LogP contribution >= 0.6 is 0 Å². The van der Waals surface area contributed by atoms with E-state index >= 15 is 0 Å². The smallest absolute Gasteiger partial charge is 0.333 e. The first-order chi connectivity index (χ1) is 17.2. The van der Waals surface area contributed by atoms with Gasteiger partial charge in [0.1, 0.15) is 5.75 Å². The largest absolute Gasteiger partial charge is 0.494 e. The van der Waals surface area contributed by atoms with Gasteiger partial charge in [0.25, 0.3) is 0 Å². The molecule has 36 heavy (non-hydrogen) atoms. The molecule has 6 nitrogen and oxygen atoms in total. The van der Waals surface area contributed by atoms with E-state index in [0.29, 0.717) is 61.4 Å². The van der Waals surface area contributed by atoms with Crippen molar-refractivity contribution in [2.24, 2.45) is 0 Å². The Morgan fingerprint density at radius 3 is 1.72 bits per heavy atom. The van der Waals surface area contributed by atoms with Gasteiger partial charge in [-0.05, 0) is 69.4 Å². The van der Waals surface area contributed by atoms with Crippen LogP contribution in [0.1, 0.15) is 39.5 Å². The van der Waals surface area contributed by atoms with Crippen LogP contribution in [0.15, 0.2) is 60.7 Å². The Bertz CT molecular complexity index is 1060. The van der Waals surface area contributed by atoms with Crippen molar-refractivity contribution in [1.29, 1.82) is 0 Å². The number of carbonyl (C=O) groups excluding carboxylic acids is 2. The lowest BCUT2D eigenvalue weighted by molar-refractivity contribution is -0.139. The van der Waals surface area contributed by atoms with E-state index in [1.807, 2.05) is 0 Å². The van der Waals surface area contributed by atoms with Crippen LogP contribution in [0.5, 0.6) is 11.5 Å². The molecule has 0 radical (unpaired) electrons. The molecule has 2 rings (SSSR count). The van der Waals surface area contributed by atoms with E-state index in [1.165, 1.54) is 12.1 Å². The molecule has 0 heterocycles. The molecule has 0 atom stereocenters. The highest BCUT2D eigenvalue weighted by Crippen LogP contribution is 2.31. The molecule has 0 aliphatic rings. The summed E-state index contributed by atoms with van der Waals surface area (Å²) in [6.07, 6.45) is 2.37. The fourth-order valence-electron chi connectivity index (χ4n) is 2.95. The Hall–Kier alpha value is -3.68. The third-order valence-electron chi connectivity index (χ3n) is 4.98. The Labute approximate surface area is 210 Å². The van der Waals surface area contributed by atoms with Gasteiger partial charge in [0.15, 0.2) is 11.6 Å². The monoisotopic (exact) mass is 502 g/mol. The van der Waals surface area contributed by atoms with Crippen LogP contribution in [-0.2, 0) is 19.1 Å². The summed E-state index contributed by atoms with van der Waals surface area (Å²) in [6.45, 7) is 11.2. The van der Waals surface area contributed by atoms with Gasteiger partial charge in [-0.25, -0.2) is 14.0 Å². The van der Waals surface area contributed by atoms with Crippen molar-refractivity contribution in [2.75, 3.05) is 26.4 Å². The zero-order valence-electron chi connectivity index (χ0n) is 20.7. The summed E-state index contributed by atoms with van der Waals surface area (Å²) in [5, 5.41) is 0. The van der Waals surface area contributed by atoms with Gasteiger partial charge in [0, 0.05) is 16.7 Å². The molecule has 194 valence electrons. The molecular formula is C28H32F2O6. The molecule has 0 saturated carbocycles. The lowest BCUT2D eigenvalue weighted by Crippen LogP contribution is -2.08. The number of rotatable bonds is 15. The minimum atomic E-state index is -1.06. The highest BCUT2D eigenvalue weighted by atomic mass is 19.2. The summed E-state index contributed by atoms with van der Waals surface area (Å²) in [5.74, 6) is -2.52. The topological polar surface area (TPSA) is 71.1 Å². The van der Waals surface area contributed by atoms with Crippen LogP contribution in [0.25, 0.3) is 11.1 Å². The fraction of sp³-hybridized carbons (Fsp3) is 0.357. The van der Waals surface area contributed by atoms with Crippen molar-refractivity contribution in [1.82, 2.24) is 0 Å². The average Bonchev–Trinajstić information content (AvgIpc) is 2.85. The first-order valence-electron chi connectivity index (χ1n) is 11.7. The predicted octanol–water partition coefficient (Wildman–Crippen LogP) is 6.19. The molecule has 8 heteroatoms. The lowest BCUT2D eigenvalue weighted by atomic mass is 10.0. The summed E-state index contributed by atoms with van der Waals surface area (Å²) >= 11 is 0. The summed E-state index contributed by atoms with van der Waals surface area (Å²) in [5.41, 5.74) is 1.29. The van der Waals surface area contributed by atoms with Gasteiger partial charge in [-0.3, -0.25) is 0 Å². The van der Waals surface area contributed by atoms with E-state index in [4.69, 9.17) is 18.9 Å². The molecule has 0 fully saturated rings. The quantitative estimate of drug-likeness (QED) is 0.164. The predicted molar refractivity (Wildman–Crippen MR) is 133 cm³/mol. The van der Waals surface area contributed by atoms with E-state index < -0.39 is 23.6 Å². The standard InChI is InChI=1S/C28H32F2O6/c1-19(2)27(31)35-17-7-5-15-33-22-11-9-21(10-12-22)23-13-14-24(26(30)25(23)29)34-16-6-8-18-36-28(32)20(3)4/h9-14H,1,3,5-8,15-18H2,2,4H3. The maximum Gasteiger partial charge on any atom is 0.333 e. The van der Waals surface area contributed by atoms with Crippen molar-refractivity contribution < 1.29 is 37.3 Å². The molecule has 0 spiro atoms. The van der Waals surface area contributed by atoms with Crippen molar-refractivity contribution in [2.45, 2.75) is 39.5 Å². The van der Waals surface area contributed by atoms with E-state index in [9.17, 15) is 18.4 Å². The van der Waals surface area contributed by atoms with Crippen LogP contribution in [0.3, 0.4) is 0 Å². The van der Waals surface area contributed by atoms with Gasteiger partial charge in [0.05, 0.1) is 26.4 Å². The molecule has 0 saturated heterocycles. The fourth-order valence-corrected chi connectivity index (χ4v) is 2.95. The molecule has 2 aromatic carbocycles. The Balaban J connectivity index is 1.79. The highest BCUT2D eigenvalue weighted by Gasteiger charge is 2.16. The lowest BCUT2D eigenvalue weighted by Gasteiger charge is -2.11. The minimum absolute atomic E-state index is 0.109. The molecule has 0 unspecified atom stereocenters. The van der Waals surface area contributed by atoms with E-state index in [-0.39, 0.29) is 24.5 Å². The van der Waals surface area contributed by atoms with E-state index in [2.05, 4.69) is 13.2 Å². The van der Waals surface area contributed by atoms with Gasteiger partial charge in [-0.1, -0.05) is 25.3 Å². The number of hydrogen-bond donors (Lipinski definition) is 0. The SMILES string of the molecule is C=C(C)C(=O)OCCCCOc1ccc(-c2ccc(OCCCCOC(=O)C(=C)C)c(F)c2F)cc1. The Kier molecular flexibility index (Phi) is 11.6. The molecule has 0 aliphatic carbocycles. The zero-order chi connectivity index (χ0) is 26.5. The third-order valence-corrected chi connectivity index (χ3v) is 4.98. The normalized spacial score (nSPS) is 10.4. The van der Waals surface area contributed by atoms with Gasteiger partial charge in [0.2, 0.25) is 5.82 Å². The Morgan fingerprint density at radius 1 is 0.694 bits per heavy atom. The van der Waals surface area contributed by atoms with Gasteiger partial charge >= 0.3 is 11.9 Å². The summed E-state index contributed by atoms with van der Waals surface area (Å²) in [6, 6.07) is 9.51. The number of esters is 2. The summed E-state index contributed by atoms with van der Waals surface area (Å²) < 4.78 is 50.2. The maximum absolute atomic E-state index is 14.7. The van der Waals surface area contributed by atoms with Gasteiger partial charge in [-0.2, -0.15) is 4.39 Å². The number of hydrogen-bond acceptors (Lipinski definition) is 6. The summed E-state index contributed by atoms with van der Waals surface area (Å²) in [4.78, 5) is 22.6. The second-order valence-corrected chi connectivity index (χ2v) is 8.21. The second-order valence-electron chi connectivity index (χ2n) is 8.21. The highest BCUT2D eigenvalue weighted by molar-refractivity contribution is 5.87. The van der Waals surface area contributed by atoms with Crippen LogP contribution in [-0.4, -0.2) is 38.4 Å². The van der Waals surface area contributed by atoms with E-state index in [1.54, 1.807) is 38.1 Å². The second kappa shape index (κ2) is 14.7. The number of ether oxygens (including phenoxy) is 4. The molecule has 0 aromatic heterocycles. The summed E-state index contributed by atoms with van der Waals surface area (Å²) in [7, 11) is 0. The molecular weight excluding hydrogens is 470 g/mol. The average molecular weight is 503 g/mol. The zero-order valence-corrected chi connectivity index (χ0v) is 20.7. The number of unbranched alkanes of at least 4 members (excludes halogenated alkanes) is 2. The van der Waals surface area contributed by atoms with Crippen molar-refractivity contribution in [3.8, 4) is 22.6 Å². The van der Waals surface area contributed by atoms with Gasteiger partial charge < -0.3 is 18.9 Å². The number of halogens is 2. The molecule has 0 bridgehead atoms. The number of carbonyl (C=O) groups is 2. The van der Waals surface area contributed by atoms with Crippen molar-refractivity contribution in [3.05, 3.63) is 72.3 Å². The van der Waals surface area contributed by atoms with Crippen LogP contribution < -0.4 is 9.47 Å². The van der Waals surface area contributed by atoms with Crippen LogP contribution in [0, 0.1) is 11.6 Å². The third kappa shape index (κ3) is 9.17. The number of benzene rings is 2. The first kappa shape index (κ1) is 28.6. The van der Waals surface area contributed by atoms with Crippen LogP contribution in [0.2, 0.25) is 0 Å². The van der Waals surface area contributed by atoms with E-state index in [0.717, 1.165) is 0 Å². The van der Waals surface area contributed by atoms with Crippen molar-refractivity contribution >= 4 is 11.9 Å².